The summed E-state index contributed by atoms with van der Waals surface area (Å²) in [6, 6.07) is 4.97. The number of aryl methyl sites for hydroxylation is 1. The van der Waals surface area contributed by atoms with Gasteiger partial charge in [0, 0.05) is 6.20 Å². The van der Waals surface area contributed by atoms with Gasteiger partial charge in [-0.2, -0.15) is 0 Å². The Morgan fingerprint density at radius 2 is 2.25 bits per heavy atom. The number of halogens is 1. The molecule has 3 N–H and O–H groups in total. The quantitative estimate of drug-likeness (QED) is 0.340. The first-order valence-electron chi connectivity index (χ1n) is 5.71. The van der Waals surface area contributed by atoms with Crippen LogP contribution in [0.15, 0.2) is 29.2 Å². The van der Waals surface area contributed by atoms with Crippen molar-refractivity contribution in [3.63, 3.8) is 0 Å². The van der Waals surface area contributed by atoms with Gasteiger partial charge in [-0.15, -0.1) is 0 Å². The number of aromatic nitrogens is 3. The number of nitrogens with one attached hydrogen (secondary N) is 1. The van der Waals surface area contributed by atoms with Crippen molar-refractivity contribution in [1.29, 1.82) is 0 Å². The van der Waals surface area contributed by atoms with Gasteiger partial charge in [-0.05, 0) is 41.6 Å². The van der Waals surface area contributed by atoms with Crippen LogP contribution in [0.2, 0.25) is 0 Å². The summed E-state index contributed by atoms with van der Waals surface area (Å²) in [5.74, 6) is 5.18. The zero-order valence-electron chi connectivity index (χ0n) is 10.6. The van der Waals surface area contributed by atoms with Crippen LogP contribution in [0.5, 0.6) is 0 Å². The molecular weight excluding hydrogens is 373 g/mol. The number of nitrogens with zero attached hydrogens (tertiary/aromatic N) is 3. The second-order valence-corrected chi connectivity index (χ2v) is 5.19. The van der Waals surface area contributed by atoms with Crippen molar-refractivity contribution in [1.82, 2.24) is 20.0 Å². The van der Waals surface area contributed by atoms with Gasteiger partial charge >= 0.3 is 0 Å². The SMILES string of the molecule is Cc1ncc(I)c(=O)n1Cc1cccc(C(=O)NN)n1. The van der Waals surface area contributed by atoms with Crippen LogP contribution in [-0.2, 0) is 6.54 Å². The lowest BCUT2D eigenvalue weighted by Gasteiger charge is -2.09. The average Bonchev–Trinajstić information content (AvgIpc) is 2.47. The van der Waals surface area contributed by atoms with Crippen molar-refractivity contribution in [2.75, 3.05) is 0 Å². The van der Waals surface area contributed by atoms with E-state index in [4.69, 9.17) is 5.84 Å². The van der Waals surface area contributed by atoms with E-state index in [0.29, 0.717) is 15.1 Å². The predicted octanol–water partition coefficient (Wildman–Crippen LogP) is 0.203. The Morgan fingerprint density at radius 3 is 2.95 bits per heavy atom. The molecule has 2 aromatic rings. The summed E-state index contributed by atoms with van der Waals surface area (Å²) < 4.78 is 2.04. The molecule has 104 valence electrons. The van der Waals surface area contributed by atoms with E-state index >= 15 is 0 Å². The molecule has 2 rings (SSSR count). The number of carbonyl (C=O) groups is 1. The van der Waals surface area contributed by atoms with Crippen molar-refractivity contribution < 1.29 is 4.79 Å². The second kappa shape index (κ2) is 6.09. The molecule has 0 aliphatic rings. The summed E-state index contributed by atoms with van der Waals surface area (Å²) in [5, 5.41) is 0. The largest absolute Gasteiger partial charge is 0.290 e. The number of pyridine rings is 1. The number of amides is 1. The molecule has 0 aliphatic carbocycles. The van der Waals surface area contributed by atoms with E-state index in [0.717, 1.165) is 0 Å². The van der Waals surface area contributed by atoms with Crippen LogP contribution in [-0.4, -0.2) is 20.4 Å². The summed E-state index contributed by atoms with van der Waals surface area (Å²) in [6.45, 7) is 1.99. The van der Waals surface area contributed by atoms with E-state index in [1.807, 2.05) is 28.0 Å². The standard InChI is InChI=1S/C12H12IN5O2/c1-7-15-5-9(13)12(20)18(7)6-8-3-2-4-10(16-8)11(19)17-14/h2-5H,6,14H2,1H3,(H,17,19). The van der Waals surface area contributed by atoms with Gasteiger partial charge in [0.05, 0.1) is 15.8 Å². The lowest BCUT2D eigenvalue weighted by atomic mass is 10.3. The number of nitrogen functional groups attached to an aromatic ring is 1. The number of hydrogen-bond acceptors (Lipinski definition) is 5. The Hall–Kier alpha value is -1.81. The van der Waals surface area contributed by atoms with Gasteiger partial charge in [0.2, 0.25) is 0 Å². The Bertz CT molecular complexity index is 713. The van der Waals surface area contributed by atoms with Crippen LogP contribution in [0.25, 0.3) is 0 Å². The normalized spacial score (nSPS) is 10.3. The number of carbonyl (C=O) groups excluding carboxylic acids is 1. The molecule has 20 heavy (non-hydrogen) atoms. The summed E-state index contributed by atoms with van der Waals surface area (Å²) in [7, 11) is 0. The molecule has 0 saturated carbocycles. The van der Waals surface area contributed by atoms with Crippen molar-refractivity contribution in [2.45, 2.75) is 13.5 Å². The number of hydrogen-bond donors (Lipinski definition) is 2. The fraction of sp³-hybridized carbons (Fsp3) is 0.167. The molecule has 0 aliphatic heterocycles. The predicted molar refractivity (Wildman–Crippen MR) is 80.9 cm³/mol. The molecule has 0 atom stereocenters. The van der Waals surface area contributed by atoms with Crippen LogP contribution in [0.1, 0.15) is 22.0 Å². The molecule has 1 amide bonds. The number of rotatable bonds is 3. The maximum atomic E-state index is 12.1. The number of hydrazine groups is 1. The molecule has 0 spiro atoms. The van der Waals surface area contributed by atoms with Crippen molar-refractivity contribution >= 4 is 28.5 Å². The molecule has 0 fully saturated rings. The third-order valence-corrected chi connectivity index (χ3v) is 3.44. The molecule has 0 radical (unpaired) electrons. The molecule has 0 unspecified atom stereocenters. The minimum atomic E-state index is -0.475. The summed E-state index contributed by atoms with van der Waals surface area (Å²) >= 11 is 1.94. The topological polar surface area (TPSA) is 103 Å². The zero-order chi connectivity index (χ0) is 14.7. The minimum Gasteiger partial charge on any atom is -0.290 e. The Kier molecular flexibility index (Phi) is 4.45. The van der Waals surface area contributed by atoms with Crippen LogP contribution in [0.3, 0.4) is 0 Å². The summed E-state index contributed by atoms with van der Waals surface area (Å²) in [5.41, 5.74) is 2.68. The first kappa shape index (κ1) is 14.6. The third kappa shape index (κ3) is 3.02. The van der Waals surface area contributed by atoms with Crippen LogP contribution >= 0.6 is 22.6 Å². The molecular formula is C12H12IN5O2. The molecule has 2 aromatic heterocycles. The first-order valence-corrected chi connectivity index (χ1v) is 6.79. The van der Waals surface area contributed by atoms with Crippen molar-refractivity contribution in [2.24, 2.45) is 5.84 Å². The fourth-order valence-electron chi connectivity index (χ4n) is 1.67. The molecule has 7 nitrogen and oxygen atoms in total. The fourth-order valence-corrected chi connectivity index (χ4v) is 2.10. The van der Waals surface area contributed by atoms with Crippen molar-refractivity contribution in [3.05, 3.63) is 55.5 Å². The minimum absolute atomic E-state index is 0.131. The molecule has 8 heteroatoms. The summed E-state index contributed by atoms with van der Waals surface area (Å²) in [6.07, 6.45) is 1.53. The monoisotopic (exact) mass is 385 g/mol. The molecule has 0 aromatic carbocycles. The highest BCUT2D eigenvalue weighted by molar-refractivity contribution is 14.1. The lowest BCUT2D eigenvalue weighted by Crippen LogP contribution is -2.31. The number of nitrogens with two attached hydrogens (primary N) is 1. The van der Waals surface area contributed by atoms with E-state index in [1.165, 1.54) is 10.8 Å². The third-order valence-electron chi connectivity index (χ3n) is 2.70. The average molecular weight is 385 g/mol. The maximum absolute atomic E-state index is 12.1. The first-order chi connectivity index (χ1) is 9.52. The summed E-state index contributed by atoms with van der Waals surface area (Å²) in [4.78, 5) is 31.8. The van der Waals surface area contributed by atoms with Gasteiger partial charge in [-0.25, -0.2) is 15.8 Å². The van der Waals surface area contributed by atoms with Crippen LogP contribution < -0.4 is 16.8 Å². The van der Waals surface area contributed by atoms with E-state index < -0.39 is 5.91 Å². The maximum Gasteiger partial charge on any atom is 0.283 e. The van der Waals surface area contributed by atoms with Crippen molar-refractivity contribution in [3.8, 4) is 0 Å². The van der Waals surface area contributed by atoms with Gasteiger partial charge in [0.25, 0.3) is 11.5 Å². The van der Waals surface area contributed by atoms with Gasteiger partial charge in [0.15, 0.2) is 0 Å². The van der Waals surface area contributed by atoms with E-state index in [2.05, 4.69) is 9.97 Å². The molecule has 0 bridgehead atoms. The highest BCUT2D eigenvalue weighted by Crippen LogP contribution is 2.04. The Morgan fingerprint density at radius 1 is 1.50 bits per heavy atom. The van der Waals surface area contributed by atoms with E-state index in [9.17, 15) is 9.59 Å². The highest BCUT2D eigenvalue weighted by atomic mass is 127. The Balaban J connectivity index is 2.38. The van der Waals surface area contributed by atoms with E-state index in [1.54, 1.807) is 25.1 Å². The van der Waals surface area contributed by atoms with Crippen LogP contribution in [0.4, 0.5) is 0 Å². The van der Waals surface area contributed by atoms with Gasteiger partial charge in [-0.1, -0.05) is 6.07 Å². The smallest absolute Gasteiger partial charge is 0.283 e. The lowest BCUT2D eigenvalue weighted by molar-refractivity contribution is 0.0948. The Labute approximate surface area is 128 Å². The molecule has 0 saturated heterocycles. The van der Waals surface area contributed by atoms with Gasteiger partial charge in [0.1, 0.15) is 11.5 Å². The van der Waals surface area contributed by atoms with E-state index in [-0.39, 0.29) is 17.8 Å². The van der Waals surface area contributed by atoms with Gasteiger partial charge in [-0.3, -0.25) is 19.6 Å². The highest BCUT2D eigenvalue weighted by Gasteiger charge is 2.09. The van der Waals surface area contributed by atoms with Crippen LogP contribution in [0, 0.1) is 10.5 Å². The van der Waals surface area contributed by atoms with Gasteiger partial charge < -0.3 is 0 Å². The molecule has 2 heterocycles. The second-order valence-electron chi connectivity index (χ2n) is 4.03. The zero-order valence-corrected chi connectivity index (χ0v) is 12.8.